The van der Waals surface area contributed by atoms with E-state index in [1.807, 2.05) is 26.0 Å². The van der Waals surface area contributed by atoms with Crippen molar-refractivity contribution < 1.29 is 8.78 Å². The second-order valence-corrected chi connectivity index (χ2v) is 5.74. The molecule has 0 bridgehead atoms. The highest BCUT2D eigenvalue weighted by atomic mass is 19.2. The number of hydrogen-bond donors (Lipinski definition) is 1. The zero-order valence-electron chi connectivity index (χ0n) is 14.6. The highest BCUT2D eigenvalue weighted by Crippen LogP contribution is 2.23. The van der Waals surface area contributed by atoms with Crippen molar-refractivity contribution in [3.8, 4) is 0 Å². The molecule has 0 saturated heterocycles. The van der Waals surface area contributed by atoms with Crippen LogP contribution in [0, 0.1) is 11.6 Å². The van der Waals surface area contributed by atoms with Gasteiger partial charge in [-0.2, -0.15) is 5.10 Å². The summed E-state index contributed by atoms with van der Waals surface area (Å²) < 4.78 is 28.7. The van der Waals surface area contributed by atoms with Crippen LogP contribution >= 0.6 is 0 Å². The number of aryl methyl sites for hydroxylation is 1. The number of aromatic nitrogens is 2. The van der Waals surface area contributed by atoms with E-state index < -0.39 is 11.6 Å². The van der Waals surface area contributed by atoms with Crippen molar-refractivity contribution in [3.05, 3.63) is 71.5 Å². The first-order valence-electron chi connectivity index (χ1n) is 8.26. The fourth-order valence-electron chi connectivity index (χ4n) is 2.62. The Hall–Kier alpha value is -2.69. The predicted molar refractivity (Wildman–Crippen MR) is 99.7 cm³/mol. The Morgan fingerprint density at radius 3 is 2.72 bits per heavy atom. The number of allylic oxidation sites excluding steroid dienone is 4. The summed E-state index contributed by atoms with van der Waals surface area (Å²) in [6, 6.07) is 4.25. The largest absolute Gasteiger partial charge is 0.383 e. The van der Waals surface area contributed by atoms with Gasteiger partial charge in [-0.05, 0) is 43.4 Å². The minimum absolute atomic E-state index is 0.373. The smallest absolute Gasteiger partial charge is 0.162 e. The summed E-state index contributed by atoms with van der Waals surface area (Å²) in [5.74, 6) is -1.06. The number of anilines is 1. The highest BCUT2D eigenvalue weighted by Gasteiger charge is 2.11. The molecule has 0 saturated carbocycles. The fourth-order valence-corrected chi connectivity index (χ4v) is 2.62. The molecule has 132 valence electrons. The number of hydrogen-bond acceptors (Lipinski definition) is 2. The van der Waals surface area contributed by atoms with E-state index in [0.29, 0.717) is 24.2 Å². The summed E-state index contributed by atoms with van der Waals surface area (Å²) in [5.41, 5.74) is 9.11. The van der Waals surface area contributed by atoms with Crippen molar-refractivity contribution in [2.24, 2.45) is 0 Å². The molecule has 5 heteroatoms. The van der Waals surface area contributed by atoms with Crippen LogP contribution in [-0.2, 0) is 6.42 Å². The average molecular weight is 343 g/mol. The summed E-state index contributed by atoms with van der Waals surface area (Å²) >= 11 is 0. The van der Waals surface area contributed by atoms with Crippen LogP contribution in [0.5, 0.6) is 0 Å². The molecule has 1 aromatic heterocycles. The Labute approximate surface area is 147 Å². The summed E-state index contributed by atoms with van der Waals surface area (Å²) in [4.78, 5) is 0. The van der Waals surface area contributed by atoms with E-state index in [4.69, 9.17) is 5.73 Å². The summed E-state index contributed by atoms with van der Waals surface area (Å²) in [5, 5.41) is 4.32. The standard InChI is InChI=1S/C20H23F2N3/c1-4-8-18(25-20(23)15(5-2)13-24-25)14(3)9-6-10-16-11-7-12-17(21)19(16)22/h5,7-9,11-13H,2,4,6,10,23H2,1,3H3/b14-9-,18-8+. The molecule has 2 rings (SSSR count). The molecule has 0 unspecified atom stereocenters. The molecule has 25 heavy (non-hydrogen) atoms. The molecule has 2 aromatic rings. The Bertz CT molecular complexity index is 816. The Kier molecular flexibility index (Phi) is 6.28. The van der Waals surface area contributed by atoms with Crippen molar-refractivity contribution in [1.82, 2.24) is 9.78 Å². The van der Waals surface area contributed by atoms with Gasteiger partial charge in [0.2, 0.25) is 0 Å². The maximum atomic E-state index is 13.7. The summed E-state index contributed by atoms with van der Waals surface area (Å²) in [7, 11) is 0. The molecule has 0 radical (unpaired) electrons. The topological polar surface area (TPSA) is 43.8 Å². The molecule has 0 spiro atoms. The molecule has 2 N–H and O–H groups in total. The Balaban J connectivity index is 2.19. The van der Waals surface area contributed by atoms with Crippen LogP contribution in [0.2, 0.25) is 0 Å². The summed E-state index contributed by atoms with van der Waals surface area (Å²) in [6.07, 6.45) is 9.18. The van der Waals surface area contributed by atoms with Gasteiger partial charge in [-0.1, -0.05) is 43.9 Å². The zero-order valence-corrected chi connectivity index (χ0v) is 14.6. The van der Waals surface area contributed by atoms with Gasteiger partial charge >= 0.3 is 0 Å². The van der Waals surface area contributed by atoms with Crippen LogP contribution in [0.1, 0.15) is 37.8 Å². The molecule has 0 fully saturated rings. The quantitative estimate of drug-likeness (QED) is 0.701. The molecular formula is C20H23F2N3. The minimum Gasteiger partial charge on any atom is -0.383 e. The van der Waals surface area contributed by atoms with Gasteiger partial charge in [-0.25, -0.2) is 13.5 Å². The van der Waals surface area contributed by atoms with Crippen LogP contribution in [0.3, 0.4) is 0 Å². The van der Waals surface area contributed by atoms with E-state index in [-0.39, 0.29) is 0 Å². The third-order valence-corrected chi connectivity index (χ3v) is 3.98. The number of benzene rings is 1. The minimum atomic E-state index is -0.814. The molecule has 0 aliphatic rings. The van der Waals surface area contributed by atoms with Gasteiger partial charge in [-0.3, -0.25) is 0 Å². The first-order chi connectivity index (χ1) is 12.0. The second kappa shape index (κ2) is 8.42. The molecule has 0 amide bonds. The lowest BCUT2D eigenvalue weighted by molar-refractivity contribution is 0.499. The van der Waals surface area contributed by atoms with Gasteiger partial charge in [0.05, 0.1) is 11.9 Å². The maximum Gasteiger partial charge on any atom is 0.162 e. The van der Waals surface area contributed by atoms with Gasteiger partial charge < -0.3 is 5.73 Å². The van der Waals surface area contributed by atoms with E-state index in [2.05, 4.69) is 11.7 Å². The first-order valence-corrected chi connectivity index (χ1v) is 8.26. The van der Waals surface area contributed by atoms with Crippen molar-refractivity contribution >= 4 is 17.6 Å². The van der Waals surface area contributed by atoms with Gasteiger partial charge in [0.15, 0.2) is 11.6 Å². The number of halogens is 2. The van der Waals surface area contributed by atoms with Crippen LogP contribution in [0.15, 0.2) is 48.7 Å². The zero-order chi connectivity index (χ0) is 18.4. The Morgan fingerprint density at radius 1 is 1.32 bits per heavy atom. The van der Waals surface area contributed by atoms with Gasteiger partial charge in [-0.15, -0.1) is 0 Å². The molecule has 0 aliphatic heterocycles. The van der Waals surface area contributed by atoms with E-state index in [0.717, 1.165) is 29.3 Å². The number of nitrogens with zero attached hydrogens (tertiary/aromatic N) is 2. The van der Waals surface area contributed by atoms with Gasteiger partial charge in [0.25, 0.3) is 0 Å². The third-order valence-electron chi connectivity index (χ3n) is 3.98. The van der Waals surface area contributed by atoms with Crippen molar-refractivity contribution in [2.45, 2.75) is 33.1 Å². The average Bonchev–Trinajstić information content (AvgIpc) is 2.96. The lowest BCUT2D eigenvalue weighted by Crippen LogP contribution is -2.06. The van der Waals surface area contributed by atoms with Crippen LogP contribution in [0.4, 0.5) is 14.6 Å². The van der Waals surface area contributed by atoms with E-state index in [1.165, 1.54) is 6.07 Å². The normalized spacial score (nSPS) is 12.5. The van der Waals surface area contributed by atoms with Crippen molar-refractivity contribution in [3.63, 3.8) is 0 Å². The van der Waals surface area contributed by atoms with E-state index >= 15 is 0 Å². The van der Waals surface area contributed by atoms with Crippen LogP contribution in [0.25, 0.3) is 11.8 Å². The lowest BCUT2D eigenvalue weighted by Gasteiger charge is -2.11. The molecule has 1 aromatic carbocycles. The van der Waals surface area contributed by atoms with E-state index in [1.54, 1.807) is 23.0 Å². The Morgan fingerprint density at radius 2 is 2.08 bits per heavy atom. The summed E-state index contributed by atoms with van der Waals surface area (Å²) in [6.45, 7) is 7.71. The molecule has 0 aliphatic carbocycles. The number of nitrogens with two attached hydrogens (primary N) is 1. The fraction of sp³-hybridized carbons (Fsp3) is 0.250. The predicted octanol–water partition coefficient (Wildman–Crippen LogP) is 5.22. The monoisotopic (exact) mass is 343 g/mol. The SMILES string of the molecule is C=Cc1cnn(C(=C/CC)/C(C)=C\CCc2cccc(F)c2F)c1N. The second-order valence-electron chi connectivity index (χ2n) is 5.74. The number of nitrogen functional groups attached to an aromatic ring is 1. The molecule has 1 heterocycles. The lowest BCUT2D eigenvalue weighted by atomic mass is 10.1. The maximum absolute atomic E-state index is 13.7. The van der Waals surface area contributed by atoms with Crippen molar-refractivity contribution in [2.75, 3.05) is 5.73 Å². The molecule has 0 atom stereocenters. The van der Waals surface area contributed by atoms with Crippen LogP contribution in [-0.4, -0.2) is 9.78 Å². The molecule has 3 nitrogen and oxygen atoms in total. The van der Waals surface area contributed by atoms with E-state index in [9.17, 15) is 8.78 Å². The molecular weight excluding hydrogens is 320 g/mol. The van der Waals surface area contributed by atoms with Crippen molar-refractivity contribution in [1.29, 1.82) is 0 Å². The highest BCUT2D eigenvalue weighted by molar-refractivity contribution is 5.70. The first kappa shape index (κ1) is 18.6. The van der Waals surface area contributed by atoms with Crippen LogP contribution < -0.4 is 5.73 Å². The van der Waals surface area contributed by atoms with Gasteiger partial charge in [0, 0.05) is 5.56 Å². The van der Waals surface area contributed by atoms with Gasteiger partial charge in [0.1, 0.15) is 5.82 Å². The number of rotatable bonds is 7. The third kappa shape index (κ3) is 4.24.